The van der Waals surface area contributed by atoms with Crippen molar-refractivity contribution in [2.75, 3.05) is 5.32 Å². The Kier molecular flexibility index (Phi) is 7.22. The zero-order chi connectivity index (χ0) is 27.5. The fraction of sp³-hybridized carbons (Fsp3) is 0.633. The average Bonchev–Trinajstić information content (AvgIpc) is 3.54. The number of benzene rings is 1. The Morgan fingerprint density at radius 1 is 0.974 bits per heavy atom. The lowest BCUT2D eigenvalue weighted by atomic mass is 9.73. The molecule has 5 aliphatic rings. The lowest BCUT2D eigenvalue weighted by Crippen LogP contribution is -2.59. The number of carbonyl (C=O) groups excluding carboxylic acids is 3. The zero-order valence-electron chi connectivity index (χ0n) is 22.5. The Morgan fingerprint density at radius 3 is 2.41 bits per heavy atom. The van der Waals surface area contributed by atoms with Crippen LogP contribution in [0.3, 0.4) is 0 Å². The average molecular weight is 575 g/mol. The van der Waals surface area contributed by atoms with Gasteiger partial charge in [-0.3, -0.25) is 14.4 Å². The predicted octanol–water partition coefficient (Wildman–Crippen LogP) is 5.36. The number of likely N-dealkylation sites (tertiary alicyclic amines) is 1. The molecule has 1 aromatic rings. The van der Waals surface area contributed by atoms with Gasteiger partial charge in [-0.1, -0.05) is 81.3 Å². The van der Waals surface area contributed by atoms with Gasteiger partial charge in [-0.15, -0.1) is 0 Å². The largest absolute Gasteiger partial charge is 0.359 e. The van der Waals surface area contributed by atoms with Crippen LogP contribution in [0.1, 0.15) is 65.2 Å². The SMILES string of the molecule is C[C@@H]1[C@H](C)CCC[C@@H]1NC(=O)[C@@H]1N(C2CCCCC2)C(=O)[C@@H]2[C@@H](C(=O)Nc3cc(Cl)cc(Cl)c3)[C@@H]3C=C[C@]21O3. The number of hydrogen-bond donors (Lipinski definition) is 2. The quantitative estimate of drug-likeness (QED) is 0.464. The Morgan fingerprint density at radius 2 is 1.69 bits per heavy atom. The summed E-state index contributed by atoms with van der Waals surface area (Å²) in [5.41, 5.74) is -0.691. The molecule has 2 saturated carbocycles. The van der Waals surface area contributed by atoms with E-state index in [1.807, 2.05) is 12.2 Å². The number of nitrogens with one attached hydrogen (secondary N) is 2. The van der Waals surface area contributed by atoms with Crippen molar-refractivity contribution in [1.29, 1.82) is 0 Å². The van der Waals surface area contributed by atoms with Crippen LogP contribution in [0.15, 0.2) is 30.4 Å². The maximum atomic E-state index is 14.3. The molecule has 0 radical (unpaired) electrons. The number of amides is 3. The van der Waals surface area contributed by atoms with Crippen molar-refractivity contribution in [3.05, 3.63) is 40.4 Å². The van der Waals surface area contributed by atoms with Gasteiger partial charge in [-0.05, 0) is 49.3 Å². The van der Waals surface area contributed by atoms with Gasteiger partial charge in [-0.2, -0.15) is 0 Å². The summed E-state index contributed by atoms with van der Waals surface area (Å²) in [5, 5.41) is 7.05. The number of hydrogen-bond acceptors (Lipinski definition) is 4. The predicted molar refractivity (Wildman–Crippen MR) is 150 cm³/mol. The molecule has 1 spiro atoms. The van der Waals surface area contributed by atoms with Gasteiger partial charge in [0.25, 0.3) is 0 Å². The first-order chi connectivity index (χ1) is 18.7. The third kappa shape index (κ3) is 4.58. The van der Waals surface area contributed by atoms with E-state index in [1.165, 1.54) is 0 Å². The van der Waals surface area contributed by atoms with Crippen LogP contribution in [0.5, 0.6) is 0 Å². The number of anilines is 1. The summed E-state index contributed by atoms with van der Waals surface area (Å²) < 4.78 is 6.52. The molecule has 8 atom stereocenters. The van der Waals surface area contributed by atoms with Crippen molar-refractivity contribution in [2.24, 2.45) is 23.7 Å². The maximum absolute atomic E-state index is 14.3. The monoisotopic (exact) mass is 573 g/mol. The van der Waals surface area contributed by atoms with E-state index in [2.05, 4.69) is 24.5 Å². The van der Waals surface area contributed by atoms with Gasteiger partial charge >= 0.3 is 0 Å². The summed E-state index contributed by atoms with van der Waals surface area (Å²) in [6.07, 6.45) is 11.2. The molecule has 4 fully saturated rings. The fourth-order valence-corrected chi connectivity index (χ4v) is 8.38. The molecule has 3 heterocycles. The smallest absolute Gasteiger partial charge is 0.246 e. The van der Waals surface area contributed by atoms with Gasteiger partial charge in [0.2, 0.25) is 17.7 Å². The molecule has 2 N–H and O–H groups in total. The number of nitrogens with zero attached hydrogens (tertiary/aromatic N) is 1. The standard InChI is InChI=1S/C30H37Cl2N3O4/c1-16-7-6-10-22(17(16)2)34-28(37)26-30-12-11-23(39-30)24(27(36)33-20-14-18(31)13-19(32)15-20)25(30)29(38)35(26)21-8-4-3-5-9-21/h11-17,21-26H,3-10H2,1-2H3,(H,33,36)(H,34,37)/t16-,17-,22+,23+,24+,25+,26+,30+/m1/s1. The first-order valence-electron chi connectivity index (χ1n) is 14.5. The van der Waals surface area contributed by atoms with Gasteiger partial charge in [0.15, 0.2) is 0 Å². The third-order valence-corrected chi connectivity index (χ3v) is 10.4. The van der Waals surface area contributed by atoms with Gasteiger partial charge in [-0.25, -0.2) is 0 Å². The van der Waals surface area contributed by atoms with Gasteiger partial charge in [0.05, 0.1) is 17.9 Å². The zero-order valence-corrected chi connectivity index (χ0v) is 24.0. The molecule has 6 rings (SSSR count). The van der Waals surface area contributed by atoms with Crippen LogP contribution in [-0.2, 0) is 19.1 Å². The van der Waals surface area contributed by atoms with Crippen LogP contribution in [0.25, 0.3) is 0 Å². The lowest BCUT2D eigenvalue weighted by Gasteiger charge is -2.40. The Hall–Kier alpha value is -2.09. The Labute approximate surface area is 240 Å². The first-order valence-corrected chi connectivity index (χ1v) is 15.2. The summed E-state index contributed by atoms with van der Waals surface area (Å²) in [6, 6.07) is 4.08. The highest BCUT2D eigenvalue weighted by Crippen LogP contribution is 2.56. The van der Waals surface area contributed by atoms with Crippen molar-refractivity contribution in [3.8, 4) is 0 Å². The molecule has 7 nitrogen and oxygen atoms in total. The minimum Gasteiger partial charge on any atom is -0.359 e. The number of halogens is 2. The van der Waals surface area contributed by atoms with Crippen LogP contribution < -0.4 is 10.6 Å². The molecule has 0 aromatic heterocycles. The third-order valence-electron chi connectivity index (χ3n) is 10.00. The summed E-state index contributed by atoms with van der Waals surface area (Å²) in [5.74, 6) is -1.27. The van der Waals surface area contributed by atoms with E-state index in [9.17, 15) is 14.4 Å². The van der Waals surface area contributed by atoms with E-state index in [4.69, 9.17) is 27.9 Å². The maximum Gasteiger partial charge on any atom is 0.246 e. The van der Waals surface area contributed by atoms with Crippen molar-refractivity contribution >= 4 is 46.6 Å². The Bertz CT molecular complexity index is 1180. The van der Waals surface area contributed by atoms with Gasteiger partial charge in [0, 0.05) is 27.8 Å². The summed E-state index contributed by atoms with van der Waals surface area (Å²) in [7, 11) is 0. The molecule has 9 heteroatoms. The minimum absolute atomic E-state index is 0.0313. The van der Waals surface area contributed by atoms with Gasteiger partial charge < -0.3 is 20.3 Å². The van der Waals surface area contributed by atoms with E-state index in [0.29, 0.717) is 27.6 Å². The summed E-state index contributed by atoms with van der Waals surface area (Å²) in [4.78, 5) is 44.0. The highest BCUT2D eigenvalue weighted by atomic mass is 35.5. The van der Waals surface area contributed by atoms with Crippen molar-refractivity contribution in [3.63, 3.8) is 0 Å². The second-order valence-corrected chi connectivity index (χ2v) is 13.1. The molecule has 2 saturated heterocycles. The molecule has 3 aliphatic heterocycles. The van der Waals surface area contributed by atoms with E-state index in [1.54, 1.807) is 23.1 Å². The second kappa shape index (κ2) is 10.4. The molecule has 1 aromatic carbocycles. The van der Waals surface area contributed by atoms with Crippen LogP contribution in [0.4, 0.5) is 5.69 Å². The van der Waals surface area contributed by atoms with E-state index < -0.39 is 29.6 Å². The molecule has 2 aliphatic carbocycles. The fourth-order valence-electron chi connectivity index (χ4n) is 7.86. The minimum atomic E-state index is -1.15. The van der Waals surface area contributed by atoms with E-state index in [-0.39, 0.29) is 29.8 Å². The van der Waals surface area contributed by atoms with Crippen LogP contribution in [-0.4, -0.2) is 52.5 Å². The summed E-state index contributed by atoms with van der Waals surface area (Å²) >= 11 is 12.3. The number of fused-ring (bicyclic) bond motifs is 1. The molecule has 2 bridgehead atoms. The number of rotatable bonds is 5. The molecule has 3 amide bonds. The van der Waals surface area contributed by atoms with Crippen LogP contribution in [0, 0.1) is 23.7 Å². The number of ether oxygens (including phenoxy) is 1. The van der Waals surface area contributed by atoms with E-state index in [0.717, 1.165) is 51.4 Å². The van der Waals surface area contributed by atoms with Crippen molar-refractivity contribution < 1.29 is 19.1 Å². The molecule has 0 unspecified atom stereocenters. The highest BCUT2D eigenvalue weighted by Gasteiger charge is 2.73. The lowest BCUT2D eigenvalue weighted by molar-refractivity contribution is -0.145. The van der Waals surface area contributed by atoms with Gasteiger partial charge in [0.1, 0.15) is 11.6 Å². The Balaban J connectivity index is 1.32. The normalized spacial score (nSPS) is 37.7. The highest BCUT2D eigenvalue weighted by molar-refractivity contribution is 6.35. The van der Waals surface area contributed by atoms with E-state index >= 15 is 0 Å². The first kappa shape index (κ1) is 27.1. The van der Waals surface area contributed by atoms with Crippen molar-refractivity contribution in [1.82, 2.24) is 10.2 Å². The molecular formula is C30H37Cl2N3O4. The number of carbonyl (C=O) groups is 3. The topological polar surface area (TPSA) is 87.7 Å². The molecular weight excluding hydrogens is 537 g/mol. The molecule has 39 heavy (non-hydrogen) atoms. The van der Waals surface area contributed by atoms with Crippen molar-refractivity contribution in [2.45, 2.75) is 95.0 Å². The van der Waals surface area contributed by atoms with Crippen LogP contribution in [0.2, 0.25) is 10.0 Å². The van der Waals surface area contributed by atoms with Crippen LogP contribution >= 0.6 is 23.2 Å². The second-order valence-electron chi connectivity index (χ2n) is 12.3. The summed E-state index contributed by atoms with van der Waals surface area (Å²) in [6.45, 7) is 4.44. The molecule has 210 valence electrons.